The summed E-state index contributed by atoms with van der Waals surface area (Å²) in [4.78, 5) is 33.7. The van der Waals surface area contributed by atoms with Crippen LogP contribution in [0.15, 0.2) is 14.8 Å². The lowest BCUT2D eigenvalue weighted by Crippen LogP contribution is -2.29. The zero-order valence-electron chi connectivity index (χ0n) is 6.77. The van der Waals surface area contributed by atoms with Crippen molar-refractivity contribution in [2.75, 3.05) is 0 Å². The van der Waals surface area contributed by atoms with Gasteiger partial charge >= 0.3 is 5.69 Å². The molecular weight excluding hydrogens is 178 g/mol. The molecule has 1 aromatic heterocycles. The molecule has 0 spiro atoms. The molecular formula is C6H7N3O4. The van der Waals surface area contributed by atoms with Gasteiger partial charge in [-0.25, -0.2) is 4.79 Å². The second-order valence-corrected chi connectivity index (χ2v) is 2.27. The predicted octanol–water partition coefficient (Wildman–Crippen LogP) is -0.340. The molecule has 0 aromatic carbocycles. The van der Waals surface area contributed by atoms with Gasteiger partial charge in [0.25, 0.3) is 5.56 Å². The number of nitrogens with zero attached hydrogens (tertiary/aromatic N) is 2. The standard InChI is InChI=1S/C6H7N3O4/c1-2-9-5(11)3(8-13)4(10)7-6(9)12/h11H,2H2,1H3,(H,7,10,12). The normalized spacial score (nSPS) is 9.92. The van der Waals surface area contributed by atoms with Gasteiger partial charge in [-0.2, -0.15) is 0 Å². The van der Waals surface area contributed by atoms with Crippen LogP contribution in [0, 0.1) is 4.91 Å². The fourth-order valence-corrected chi connectivity index (χ4v) is 0.925. The van der Waals surface area contributed by atoms with E-state index in [0.717, 1.165) is 4.57 Å². The maximum atomic E-state index is 11.0. The average Bonchev–Trinajstić information content (AvgIpc) is 2.04. The highest BCUT2D eigenvalue weighted by atomic mass is 16.3. The number of aromatic hydroxyl groups is 1. The Hall–Kier alpha value is -1.92. The van der Waals surface area contributed by atoms with Crippen LogP contribution in [0.5, 0.6) is 5.88 Å². The van der Waals surface area contributed by atoms with Crippen molar-refractivity contribution in [2.24, 2.45) is 5.18 Å². The van der Waals surface area contributed by atoms with Crippen LogP contribution < -0.4 is 11.2 Å². The van der Waals surface area contributed by atoms with Crippen molar-refractivity contribution in [2.45, 2.75) is 13.5 Å². The number of aromatic nitrogens is 2. The molecule has 0 saturated carbocycles. The van der Waals surface area contributed by atoms with E-state index in [2.05, 4.69) is 5.18 Å². The van der Waals surface area contributed by atoms with Crippen LogP contribution in [0.4, 0.5) is 5.69 Å². The van der Waals surface area contributed by atoms with E-state index < -0.39 is 22.8 Å². The number of rotatable bonds is 2. The van der Waals surface area contributed by atoms with E-state index in [1.807, 2.05) is 4.98 Å². The lowest BCUT2D eigenvalue weighted by molar-refractivity contribution is 0.408. The van der Waals surface area contributed by atoms with Crippen molar-refractivity contribution in [1.29, 1.82) is 0 Å². The van der Waals surface area contributed by atoms with Crippen molar-refractivity contribution in [3.63, 3.8) is 0 Å². The first-order chi connectivity index (χ1) is 6.11. The summed E-state index contributed by atoms with van der Waals surface area (Å²) >= 11 is 0. The molecule has 70 valence electrons. The minimum atomic E-state index is -0.984. The van der Waals surface area contributed by atoms with E-state index in [4.69, 9.17) is 0 Å². The first-order valence-electron chi connectivity index (χ1n) is 3.51. The molecule has 0 aliphatic carbocycles. The molecule has 1 heterocycles. The summed E-state index contributed by atoms with van der Waals surface area (Å²) in [7, 11) is 0. The average molecular weight is 185 g/mol. The Labute approximate surface area is 71.6 Å². The van der Waals surface area contributed by atoms with Gasteiger partial charge < -0.3 is 5.11 Å². The van der Waals surface area contributed by atoms with Gasteiger partial charge in [-0.3, -0.25) is 14.3 Å². The summed E-state index contributed by atoms with van der Waals surface area (Å²) in [6.07, 6.45) is 0. The highest BCUT2D eigenvalue weighted by Gasteiger charge is 2.12. The minimum absolute atomic E-state index is 0.143. The Morgan fingerprint density at radius 3 is 2.62 bits per heavy atom. The molecule has 0 saturated heterocycles. The van der Waals surface area contributed by atoms with E-state index in [9.17, 15) is 19.6 Å². The van der Waals surface area contributed by atoms with Crippen molar-refractivity contribution in [1.82, 2.24) is 9.55 Å². The fourth-order valence-electron chi connectivity index (χ4n) is 0.925. The first kappa shape index (κ1) is 9.17. The maximum absolute atomic E-state index is 11.0. The Bertz CT molecular complexity index is 444. The van der Waals surface area contributed by atoms with Gasteiger partial charge in [-0.1, -0.05) is 0 Å². The summed E-state index contributed by atoms with van der Waals surface area (Å²) in [5.41, 5.74) is -2.43. The Balaban J connectivity index is 3.68. The number of hydrogen-bond acceptors (Lipinski definition) is 5. The van der Waals surface area contributed by atoms with Crippen LogP contribution in [0.3, 0.4) is 0 Å². The number of nitrogens with one attached hydrogen (secondary N) is 1. The quantitative estimate of drug-likeness (QED) is 0.615. The second kappa shape index (κ2) is 3.21. The van der Waals surface area contributed by atoms with Gasteiger partial charge in [-0.05, 0) is 12.1 Å². The van der Waals surface area contributed by atoms with Crippen molar-refractivity contribution >= 4 is 5.69 Å². The summed E-state index contributed by atoms with van der Waals surface area (Å²) in [6, 6.07) is 0. The molecule has 0 bridgehead atoms. The third-order valence-corrected chi connectivity index (χ3v) is 1.56. The van der Waals surface area contributed by atoms with Gasteiger partial charge in [0, 0.05) is 6.54 Å². The lowest BCUT2D eigenvalue weighted by atomic mass is 10.5. The third kappa shape index (κ3) is 1.35. The molecule has 0 fully saturated rings. The minimum Gasteiger partial charge on any atom is -0.493 e. The Morgan fingerprint density at radius 1 is 1.54 bits per heavy atom. The highest BCUT2D eigenvalue weighted by Crippen LogP contribution is 2.17. The number of H-pyrrole nitrogens is 1. The number of nitroso groups, excluding NO2 is 1. The van der Waals surface area contributed by atoms with Gasteiger partial charge in [0.05, 0.1) is 0 Å². The Morgan fingerprint density at radius 2 is 2.15 bits per heavy atom. The SMILES string of the molecule is CCn1c(O)c(N=O)c(=O)[nH]c1=O. The molecule has 1 aromatic rings. The number of aromatic amines is 1. The predicted molar refractivity (Wildman–Crippen MR) is 44.1 cm³/mol. The van der Waals surface area contributed by atoms with Crippen LogP contribution >= 0.6 is 0 Å². The van der Waals surface area contributed by atoms with E-state index in [0.29, 0.717) is 0 Å². The van der Waals surface area contributed by atoms with Crippen LogP contribution in [0.1, 0.15) is 6.92 Å². The zero-order chi connectivity index (χ0) is 10.0. The lowest BCUT2D eigenvalue weighted by Gasteiger charge is -2.03. The molecule has 2 N–H and O–H groups in total. The molecule has 0 atom stereocenters. The van der Waals surface area contributed by atoms with Crippen molar-refractivity contribution in [3.05, 3.63) is 25.7 Å². The maximum Gasteiger partial charge on any atom is 0.331 e. The van der Waals surface area contributed by atoms with Crippen molar-refractivity contribution in [3.8, 4) is 5.88 Å². The zero-order valence-corrected chi connectivity index (χ0v) is 6.77. The van der Waals surface area contributed by atoms with Crippen molar-refractivity contribution < 1.29 is 5.11 Å². The first-order valence-corrected chi connectivity index (χ1v) is 3.51. The third-order valence-electron chi connectivity index (χ3n) is 1.56. The smallest absolute Gasteiger partial charge is 0.331 e. The largest absolute Gasteiger partial charge is 0.493 e. The van der Waals surface area contributed by atoms with Gasteiger partial charge in [0.1, 0.15) is 0 Å². The van der Waals surface area contributed by atoms with E-state index in [-0.39, 0.29) is 6.54 Å². The molecule has 0 amide bonds. The molecule has 7 heteroatoms. The van der Waals surface area contributed by atoms with Crippen LogP contribution in [-0.2, 0) is 6.54 Å². The number of hydrogen-bond donors (Lipinski definition) is 2. The fraction of sp³-hybridized carbons (Fsp3) is 0.333. The van der Waals surface area contributed by atoms with E-state index in [1.165, 1.54) is 0 Å². The summed E-state index contributed by atoms with van der Waals surface area (Å²) in [5.74, 6) is -0.703. The topological polar surface area (TPSA) is 105 Å². The van der Waals surface area contributed by atoms with E-state index in [1.54, 1.807) is 6.92 Å². The molecule has 0 unspecified atom stereocenters. The van der Waals surface area contributed by atoms with Gasteiger partial charge in [0.2, 0.25) is 11.6 Å². The second-order valence-electron chi connectivity index (χ2n) is 2.27. The summed E-state index contributed by atoms with van der Waals surface area (Å²) in [5, 5.41) is 11.5. The Kier molecular flexibility index (Phi) is 2.27. The molecule has 0 radical (unpaired) electrons. The summed E-state index contributed by atoms with van der Waals surface area (Å²) in [6.45, 7) is 1.72. The monoisotopic (exact) mass is 185 g/mol. The molecule has 0 aliphatic rings. The van der Waals surface area contributed by atoms with Crippen LogP contribution in [0.25, 0.3) is 0 Å². The van der Waals surface area contributed by atoms with Crippen LogP contribution in [0.2, 0.25) is 0 Å². The highest BCUT2D eigenvalue weighted by molar-refractivity contribution is 5.43. The molecule has 13 heavy (non-hydrogen) atoms. The van der Waals surface area contributed by atoms with Gasteiger partial charge in [-0.15, -0.1) is 4.91 Å². The van der Waals surface area contributed by atoms with Gasteiger partial charge in [0.15, 0.2) is 0 Å². The van der Waals surface area contributed by atoms with Crippen LogP contribution in [-0.4, -0.2) is 14.7 Å². The molecule has 0 aliphatic heterocycles. The molecule has 1 rings (SSSR count). The van der Waals surface area contributed by atoms with E-state index >= 15 is 0 Å². The molecule has 7 nitrogen and oxygen atoms in total. The summed E-state index contributed by atoms with van der Waals surface area (Å²) < 4.78 is 0.831.